The molecular formula is C23H31N5O4. The molecule has 1 aromatic heterocycles. The molecule has 0 bridgehead atoms. The summed E-state index contributed by atoms with van der Waals surface area (Å²) >= 11 is 0. The maximum atomic E-state index is 13.6. The lowest BCUT2D eigenvalue weighted by Crippen LogP contribution is -2.53. The highest BCUT2D eigenvalue weighted by Crippen LogP contribution is 2.31. The number of carbonyl (C=O) groups excluding carboxylic acids is 4. The summed E-state index contributed by atoms with van der Waals surface area (Å²) in [5, 5.41) is 6.10. The van der Waals surface area contributed by atoms with Gasteiger partial charge in [0.1, 0.15) is 17.8 Å². The Morgan fingerprint density at radius 1 is 1.12 bits per heavy atom. The second-order valence-corrected chi connectivity index (χ2v) is 9.63. The number of nitrogens with one attached hydrogen (secondary N) is 2. The first-order valence-electron chi connectivity index (χ1n) is 11.8. The van der Waals surface area contributed by atoms with E-state index in [1.807, 2.05) is 0 Å². The molecule has 1 aliphatic carbocycles. The Bertz CT molecular complexity index is 937. The summed E-state index contributed by atoms with van der Waals surface area (Å²) in [6.45, 7) is 0.733. The van der Waals surface area contributed by atoms with Gasteiger partial charge in [-0.25, -0.2) is 0 Å². The van der Waals surface area contributed by atoms with Gasteiger partial charge < -0.3 is 25.0 Å². The summed E-state index contributed by atoms with van der Waals surface area (Å²) in [5.74, 6) is -0.514. The van der Waals surface area contributed by atoms with Crippen LogP contribution in [0.1, 0.15) is 55.4 Å². The average Bonchev–Trinajstić information content (AvgIpc) is 3.50. The number of carbonyl (C=O) groups is 4. The van der Waals surface area contributed by atoms with E-state index in [0.29, 0.717) is 31.6 Å². The zero-order valence-corrected chi connectivity index (χ0v) is 18.5. The van der Waals surface area contributed by atoms with Crippen LogP contribution < -0.4 is 10.6 Å². The van der Waals surface area contributed by atoms with Crippen molar-refractivity contribution >= 4 is 23.6 Å². The summed E-state index contributed by atoms with van der Waals surface area (Å²) in [6, 6.07) is 1.62. The van der Waals surface area contributed by atoms with Crippen LogP contribution in [-0.2, 0) is 21.4 Å². The van der Waals surface area contributed by atoms with Gasteiger partial charge in [-0.1, -0.05) is 19.3 Å². The quantitative estimate of drug-likeness (QED) is 0.709. The van der Waals surface area contributed by atoms with Gasteiger partial charge >= 0.3 is 0 Å². The van der Waals surface area contributed by atoms with Crippen LogP contribution in [0.15, 0.2) is 18.3 Å². The lowest BCUT2D eigenvalue weighted by Gasteiger charge is -2.29. The standard InChI is InChI=1S/C23H31N5O4/c1-26-10-5-8-17(26)22(31)27-11-9-16-19(27)23(32)28-13-15(12-18(28)21(30)25-16)24-20(29)14-6-3-2-4-7-14/h5,8,10,14-16,18-19H,2-4,6-7,9,11-13H2,1H3,(H,24,29)(H,25,30)/t15-,16-,18+,19-/m0/s1. The van der Waals surface area contributed by atoms with Crippen molar-refractivity contribution in [3.8, 4) is 0 Å². The molecule has 2 N–H and O–H groups in total. The number of aromatic nitrogens is 1. The van der Waals surface area contributed by atoms with E-state index in [0.717, 1.165) is 25.7 Å². The van der Waals surface area contributed by atoms with Crippen molar-refractivity contribution < 1.29 is 19.2 Å². The molecule has 0 unspecified atom stereocenters. The Labute approximate surface area is 187 Å². The highest BCUT2D eigenvalue weighted by Gasteiger charge is 2.52. The molecule has 4 fully saturated rings. The van der Waals surface area contributed by atoms with Crippen LogP contribution in [0.4, 0.5) is 0 Å². The van der Waals surface area contributed by atoms with Gasteiger partial charge in [-0.15, -0.1) is 0 Å². The van der Waals surface area contributed by atoms with E-state index in [1.54, 1.807) is 39.7 Å². The van der Waals surface area contributed by atoms with Gasteiger partial charge in [0.25, 0.3) is 5.91 Å². The van der Waals surface area contributed by atoms with Crippen LogP contribution in [0.5, 0.6) is 0 Å². The zero-order valence-electron chi connectivity index (χ0n) is 18.5. The Morgan fingerprint density at radius 2 is 1.91 bits per heavy atom. The number of aryl methyl sites for hydroxylation is 1. The average molecular weight is 442 g/mol. The Hall–Kier alpha value is -2.84. The smallest absolute Gasteiger partial charge is 0.271 e. The molecule has 172 valence electrons. The van der Waals surface area contributed by atoms with E-state index < -0.39 is 12.1 Å². The van der Waals surface area contributed by atoms with E-state index in [-0.39, 0.29) is 41.6 Å². The summed E-state index contributed by atoms with van der Waals surface area (Å²) < 4.78 is 1.74. The van der Waals surface area contributed by atoms with Crippen molar-refractivity contribution in [2.24, 2.45) is 13.0 Å². The maximum Gasteiger partial charge on any atom is 0.271 e. The van der Waals surface area contributed by atoms with E-state index in [1.165, 1.54) is 6.42 Å². The van der Waals surface area contributed by atoms with Crippen LogP contribution in [-0.4, -0.2) is 75.3 Å². The minimum absolute atomic E-state index is 0.0336. The Morgan fingerprint density at radius 3 is 2.62 bits per heavy atom. The van der Waals surface area contributed by atoms with Gasteiger partial charge in [0.15, 0.2) is 0 Å². The Balaban J connectivity index is 1.32. The van der Waals surface area contributed by atoms with Crippen molar-refractivity contribution in [2.75, 3.05) is 13.1 Å². The second-order valence-electron chi connectivity index (χ2n) is 9.63. The highest BCUT2D eigenvalue weighted by molar-refractivity contribution is 6.00. The third-order valence-electron chi connectivity index (χ3n) is 7.61. The molecule has 0 spiro atoms. The molecule has 3 saturated heterocycles. The van der Waals surface area contributed by atoms with Crippen molar-refractivity contribution in [2.45, 2.75) is 69.1 Å². The minimum atomic E-state index is -0.709. The van der Waals surface area contributed by atoms with Gasteiger partial charge in [-0.3, -0.25) is 19.2 Å². The number of fused-ring (bicyclic) bond motifs is 2. The summed E-state index contributed by atoms with van der Waals surface area (Å²) in [6.07, 6.45) is 7.92. The minimum Gasteiger partial charge on any atom is -0.351 e. The molecular weight excluding hydrogens is 410 g/mol. The van der Waals surface area contributed by atoms with Gasteiger partial charge in [0.05, 0.1) is 6.04 Å². The summed E-state index contributed by atoms with van der Waals surface area (Å²) in [7, 11) is 1.80. The number of hydrogen-bond donors (Lipinski definition) is 2. The molecule has 1 saturated carbocycles. The topological polar surface area (TPSA) is 104 Å². The van der Waals surface area contributed by atoms with E-state index in [4.69, 9.17) is 0 Å². The number of likely N-dealkylation sites (tertiary alicyclic amines) is 1. The van der Waals surface area contributed by atoms with Crippen molar-refractivity contribution in [1.29, 1.82) is 0 Å². The molecule has 0 aromatic carbocycles. The van der Waals surface area contributed by atoms with E-state index in [9.17, 15) is 19.2 Å². The van der Waals surface area contributed by atoms with Crippen molar-refractivity contribution in [3.63, 3.8) is 0 Å². The van der Waals surface area contributed by atoms with E-state index >= 15 is 0 Å². The summed E-state index contributed by atoms with van der Waals surface area (Å²) in [4.78, 5) is 55.6. The van der Waals surface area contributed by atoms with Crippen molar-refractivity contribution in [3.05, 3.63) is 24.0 Å². The SMILES string of the molecule is Cn1cccc1C(=O)N1CC[C@@H]2NC(=O)[C@H]3C[C@H](NC(=O)C4CCCCC4)CN3C(=O)[C@H]21. The molecule has 4 heterocycles. The van der Waals surface area contributed by atoms with E-state index in [2.05, 4.69) is 10.6 Å². The fourth-order valence-electron chi connectivity index (χ4n) is 5.87. The Kier molecular flexibility index (Phi) is 5.43. The van der Waals surface area contributed by atoms with Crippen LogP contribution in [0, 0.1) is 5.92 Å². The lowest BCUT2D eigenvalue weighted by molar-refractivity contribution is -0.138. The molecule has 4 atom stereocenters. The lowest BCUT2D eigenvalue weighted by atomic mass is 9.88. The maximum absolute atomic E-state index is 13.6. The second kappa shape index (κ2) is 8.26. The first-order valence-corrected chi connectivity index (χ1v) is 11.8. The molecule has 4 amide bonds. The number of nitrogens with zero attached hydrogens (tertiary/aromatic N) is 3. The third kappa shape index (κ3) is 3.57. The normalized spacial score (nSPS) is 30.5. The van der Waals surface area contributed by atoms with Gasteiger partial charge in [0.2, 0.25) is 17.7 Å². The third-order valence-corrected chi connectivity index (χ3v) is 7.61. The predicted octanol–water partition coefficient (Wildman–Crippen LogP) is 0.404. The molecule has 32 heavy (non-hydrogen) atoms. The first kappa shape index (κ1) is 21.0. The van der Waals surface area contributed by atoms with Crippen LogP contribution in [0.3, 0.4) is 0 Å². The van der Waals surface area contributed by atoms with Gasteiger partial charge in [-0.2, -0.15) is 0 Å². The fraction of sp³-hybridized carbons (Fsp3) is 0.652. The molecule has 0 radical (unpaired) electrons. The number of amides is 4. The molecule has 4 aliphatic rings. The van der Waals surface area contributed by atoms with Gasteiger partial charge in [0, 0.05) is 38.3 Å². The largest absolute Gasteiger partial charge is 0.351 e. The highest BCUT2D eigenvalue weighted by atomic mass is 16.2. The summed E-state index contributed by atoms with van der Waals surface area (Å²) in [5.41, 5.74) is 0.518. The first-order chi connectivity index (χ1) is 15.4. The zero-order chi connectivity index (χ0) is 22.4. The van der Waals surface area contributed by atoms with Crippen molar-refractivity contribution in [1.82, 2.24) is 25.0 Å². The molecule has 9 nitrogen and oxygen atoms in total. The monoisotopic (exact) mass is 441 g/mol. The molecule has 9 heteroatoms. The number of hydrogen-bond acceptors (Lipinski definition) is 4. The number of rotatable bonds is 3. The fourth-order valence-corrected chi connectivity index (χ4v) is 5.87. The van der Waals surface area contributed by atoms with Crippen LogP contribution in [0.25, 0.3) is 0 Å². The molecule has 5 rings (SSSR count). The van der Waals surface area contributed by atoms with Crippen LogP contribution in [0.2, 0.25) is 0 Å². The molecule has 1 aromatic rings. The van der Waals surface area contributed by atoms with Gasteiger partial charge in [-0.05, 0) is 37.8 Å². The molecule has 3 aliphatic heterocycles. The van der Waals surface area contributed by atoms with Crippen LogP contribution >= 0.6 is 0 Å². The predicted molar refractivity (Wildman–Crippen MR) is 115 cm³/mol.